The summed E-state index contributed by atoms with van der Waals surface area (Å²) in [5, 5.41) is 14.3. The molecular weight excluding hydrogens is 498 g/mol. The van der Waals surface area contributed by atoms with Gasteiger partial charge in [0.1, 0.15) is 17.2 Å². The van der Waals surface area contributed by atoms with Crippen LogP contribution in [0.25, 0.3) is 34.1 Å². The van der Waals surface area contributed by atoms with Gasteiger partial charge in [-0.05, 0) is 32.0 Å². The van der Waals surface area contributed by atoms with E-state index in [-0.39, 0.29) is 13.3 Å². The van der Waals surface area contributed by atoms with Crippen LogP contribution in [0.2, 0.25) is 0 Å². The molecule has 0 atom stereocenters. The van der Waals surface area contributed by atoms with E-state index in [9.17, 15) is 4.79 Å². The Labute approximate surface area is 224 Å². The minimum Gasteiger partial charge on any atom is -0.441 e. The van der Waals surface area contributed by atoms with Gasteiger partial charge in [0.05, 0.1) is 25.5 Å². The van der Waals surface area contributed by atoms with Gasteiger partial charge in [-0.25, -0.2) is 14.3 Å². The molecule has 1 aliphatic heterocycles. The fourth-order valence-electron chi connectivity index (χ4n) is 4.57. The fraction of sp³-hybridized carbons (Fsp3) is 0.296. The Morgan fingerprint density at radius 1 is 1.00 bits per heavy atom. The molecule has 39 heavy (non-hydrogen) atoms. The fourth-order valence-corrected chi connectivity index (χ4v) is 4.57. The standard InChI is InChI=1S/C27H29N9O3/c1-18-4-3-5-20(12-18)21-6-7-34(30-21)24-15-26(33-8-10-38-11-9-33)36-25(29-24)14-23(32-36)22-13-19(2)35(31-22)17-39-27(37)16-28/h3-7,12-15H,8-11,16-17,28H2,1-2H3. The van der Waals surface area contributed by atoms with E-state index in [1.165, 1.54) is 5.56 Å². The topological polar surface area (TPSA) is 131 Å². The minimum atomic E-state index is -0.491. The average Bonchev–Trinajstić information content (AvgIpc) is 3.70. The summed E-state index contributed by atoms with van der Waals surface area (Å²) in [6.07, 6.45) is 1.92. The van der Waals surface area contributed by atoms with Gasteiger partial charge in [0, 0.05) is 42.7 Å². The van der Waals surface area contributed by atoms with Gasteiger partial charge >= 0.3 is 5.97 Å². The van der Waals surface area contributed by atoms with Crippen LogP contribution in [0.1, 0.15) is 11.3 Å². The van der Waals surface area contributed by atoms with E-state index in [0.717, 1.165) is 35.9 Å². The average molecular weight is 528 g/mol. The van der Waals surface area contributed by atoms with Crippen LogP contribution < -0.4 is 10.6 Å². The molecule has 1 aromatic carbocycles. The predicted octanol–water partition coefficient (Wildman–Crippen LogP) is 2.36. The lowest BCUT2D eigenvalue weighted by Gasteiger charge is -2.29. The third-order valence-electron chi connectivity index (χ3n) is 6.63. The molecule has 12 nitrogen and oxygen atoms in total. The van der Waals surface area contributed by atoms with Crippen molar-refractivity contribution in [3.63, 3.8) is 0 Å². The van der Waals surface area contributed by atoms with E-state index in [1.54, 1.807) is 9.36 Å². The summed E-state index contributed by atoms with van der Waals surface area (Å²) in [7, 11) is 0. The smallest absolute Gasteiger partial charge is 0.321 e. The molecule has 2 N–H and O–H groups in total. The summed E-state index contributed by atoms with van der Waals surface area (Å²) in [5.74, 6) is 1.09. The molecule has 0 saturated carbocycles. The van der Waals surface area contributed by atoms with Crippen molar-refractivity contribution in [1.29, 1.82) is 0 Å². The van der Waals surface area contributed by atoms with Gasteiger partial charge in [0.15, 0.2) is 18.2 Å². The SMILES string of the molecule is Cc1cccc(-c2ccn(-c3cc(N4CCOCC4)n4nc(-c5cc(C)n(COC(=O)CN)n5)cc4n3)n2)c1. The molecular formula is C27H29N9O3. The van der Waals surface area contributed by atoms with Crippen molar-refractivity contribution in [2.24, 2.45) is 5.73 Å². The number of esters is 1. The minimum absolute atomic E-state index is 0.0146. The summed E-state index contributed by atoms with van der Waals surface area (Å²) in [6.45, 7) is 6.51. The molecule has 200 valence electrons. The van der Waals surface area contributed by atoms with Gasteiger partial charge in [-0.1, -0.05) is 23.8 Å². The number of carbonyl (C=O) groups is 1. The summed E-state index contributed by atoms with van der Waals surface area (Å²) >= 11 is 0. The normalized spacial score (nSPS) is 13.8. The number of nitrogens with two attached hydrogens (primary N) is 1. The molecule has 5 aromatic rings. The number of aryl methyl sites for hydroxylation is 2. The molecule has 0 unspecified atom stereocenters. The highest BCUT2D eigenvalue weighted by Gasteiger charge is 2.20. The predicted molar refractivity (Wildman–Crippen MR) is 144 cm³/mol. The Morgan fingerprint density at radius 3 is 2.62 bits per heavy atom. The quantitative estimate of drug-likeness (QED) is 0.317. The van der Waals surface area contributed by atoms with Crippen molar-refractivity contribution in [2.75, 3.05) is 37.7 Å². The Morgan fingerprint density at radius 2 is 1.82 bits per heavy atom. The van der Waals surface area contributed by atoms with Gasteiger partial charge in [-0.2, -0.15) is 19.8 Å². The van der Waals surface area contributed by atoms with Crippen LogP contribution in [0.5, 0.6) is 0 Å². The summed E-state index contributed by atoms with van der Waals surface area (Å²) in [6, 6.07) is 16.1. The molecule has 0 radical (unpaired) electrons. The van der Waals surface area contributed by atoms with Crippen LogP contribution >= 0.6 is 0 Å². The van der Waals surface area contributed by atoms with Crippen LogP contribution in [0.3, 0.4) is 0 Å². The molecule has 5 heterocycles. The zero-order valence-electron chi connectivity index (χ0n) is 21.8. The van der Waals surface area contributed by atoms with Crippen LogP contribution in [-0.4, -0.2) is 73.0 Å². The lowest BCUT2D eigenvalue weighted by atomic mass is 10.1. The highest BCUT2D eigenvalue weighted by molar-refractivity contribution is 5.71. The lowest BCUT2D eigenvalue weighted by Crippen LogP contribution is -2.37. The highest BCUT2D eigenvalue weighted by Crippen LogP contribution is 2.26. The number of fused-ring (bicyclic) bond motifs is 1. The number of carbonyl (C=O) groups excluding carboxylic acids is 1. The number of hydrogen-bond acceptors (Lipinski definition) is 9. The second kappa shape index (κ2) is 10.3. The zero-order valence-corrected chi connectivity index (χ0v) is 21.8. The van der Waals surface area contributed by atoms with Crippen LogP contribution in [0.4, 0.5) is 5.82 Å². The van der Waals surface area contributed by atoms with E-state index in [2.05, 4.69) is 35.1 Å². The number of hydrogen-bond donors (Lipinski definition) is 1. The van der Waals surface area contributed by atoms with E-state index >= 15 is 0 Å². The number of anilines is 1. The Bertz CT molecular complexity index is 1650. The Hall–Kier alpha value is -4.55. The van der Waals surface area contributed by atoms with Crippen LogP contribution in [0, 0.1) is 13.8 Å². The number of benzene rings is 1. The van der Waals surface area contributed by atoms with E-state index in [0.29, 0.717) is 36.1 Å². The molecule has 1 aliphatic rings. The number of rotatable bonds is 7. The van der Waals surface area contributed by atoms with Gasteiger partial charge in [-0.15, -0.1) is 0 Å². The van der Waals surface area contributed by atoms with E-state index in [1.807, 2.05) is 48.0 Å². The first kappa shape index (κ1) is 24.8. The second-order valence-corrected chi connectivity index (χ2v) is 9.41. The third kappa shape index (κ3) is 4.99. The first-order chi connectivity index (χ1) is 19.0. The van der Waals surface area contributed by atoms with Crippen molar-refractivity contribution in [1.82, 2.24) is 34.2 Å². The third-order valence-corrected chi connectivity index (χ3v) is 6.63. The maximum Gasteiger partial charge on any atom is 0.321 e. The van der Waals surface area contributed by atoms with Crippen molar-refractivity contribution in [3.8, 4) is 28.5 Å². The largest absolute Gasteiger partial charge is 0.441 e. The Kier molecular flexibility index (Phi) is 6.55. The van der Waals surface area contributed by atoms with E-state index in [4.69, 9.17) is 30.4 Å². The number of ether oxygens (including phenoxy) is 2. The van der Waals surface area contributed by atoms with E-state index < -0.39 is 5.97 Å². The summed E-state index contributed by atoms with van der Waals surface area (Å²) in [4.78, 5) is 18.6. The summed E-state index contributed by atoms with van der Waals surface area (Å²) in [5.41, 5.74) is 11.2. The van der Waals surface area contributed by atoms with Gasteiger partial charge in [-0.3, -0.25) is 4.79 Å². The number of morpholine rings is 1. The molecule has 4 aromatic heterocycles. The van der Waals surface area contributed by atoms with Gasteiger partial charge in [0.2, 0.25) is 0 Å². The molecule has 1 fully saturated rings. The molecule has 6 rings (SSSR count). The molecule has 1 saturated heterocycles. The number of aromatic nitrogens is 7. The zero-order chi connectivity index (χ0) is 26.9. The first-order valence-corrected chi connectivity index (χ1v) is 12.8. The van der Waals surface area contributed by atoms with Crippen molar-refractivity contribution >= 4 is 17.4 Å². The first-order valence-electron chi connectivity index (χ1n) is 12.8. The second-order valence-electron chi connectivity index (χ2n) is 9.41. The maximum absolute atomic E-state index is 11.5. The van der Waals surface area contributed by atoms with Gasteiger partial charge < -0.3 is 20.1 Å². The highest BCUT2D eigenvalue weighted by atomic mass is 16.5. The maximum atomic E-state index is 11.5. The van der Waals surface area contributed by atoms with Crippen LogP contribution in [0.15, 0.2) is 54.7 Å². The number of nitrogens with zero attached hydrogens (tertiary/aromatic N) is 8. The lowest BCUT2D eigenvalue weighted by molar-refractivity contribution is -0.146. The van der Waals surface area contributed by atoms with Gasteiger partial charge in [0.25, 0.3) is 0 Å². The van der Waals surface area contributed by atoms with Crippen molar-refractivity contribution < 1.29 is 14.3 Å². The van der Waals surface area contributed by atoms with Crippen molar-refractivity contribution in [2.45, 2.75) is 20.6 Å². The van der Waals surface area contributed by atoms with Crippen molar-refractivity contribution in [3.05, 3.63) is 66.0 Å². The summed E-state index contributed by atoms with van der Waals surface area (Å²) < 4.78 is 16.0. The monoisotopic (exact) mass is 527 g/mol. The molecule has 0 spiro atoms. The Balaban J connectivity index is 1.39. The molecule has 0 bridgehead atoms. The molecule has 0 amide bonds. The van der Waals surface area contributed by atoms with Crippen LogP contribution in [-0.2, 0) is 21.0 Å². The molecule has 12 heteroatoms. The molecule has 0 aliphatic carbocycles.